The van der Waals surface area contributed by atoms with Crippen LogP contribution in [0.1, 0.15) is 51.0 Å². The first-order chi connectivity index (χ1) is 11.7. The van der Waals surface area contributed by atoms with Gasteiger partial charge in [0.1, 0.15) is 17.4 Å². The molecule has 0 spiro atoms. The summed E-state index contributed by atoms with van der Waals surface area (Å²) in [5.74, 6) is 0.667. The highest BCUT2D eigenvalue weighted by atomic mass is 16.5. The van der Waals surface area contributed by atoms with Gasteiger partial charge in [0.05, 0.1) is 6.61 Å². The largest absolute Gasteiger partial charge is 0.494 e. The highest BCUT2D eigenvalue weighted by Crippen LogP contribution is 2.17. The number of rotatable bonds is 6. The van der Waals surface area contributed by atoms with Crippen molar-refractivity contribution in [3.05, 3.63) is 35.4 Å². The van der Waals surface area contributed by atoms with Gasteiger partial charge in [0.15, 0.2) is 0 Å². The van der Waals surface area contributed by atoms with Gasteiger partial charge >= 0.3 is 0 Å². The van der Waals surface area contributed by atoms with Crippen LogP contribution in [0.5, 0.6) is 5.75 Å². The van der Waals surface area contributed by atoms with Gasteiger partial charge in [-0.3, -0.25) is 4.79 Å². The fraction of sp³-hybridized carbons (Fsp3) is 0.500. The molecule has 4 nitrogen and oxygen atoms in total. The van der Waals surface area contributed by atoms with E-state index in [1.54, 1.807) is 6.08 Å². The van der Waals surface area contributed by atoms with Crippen LogP contribution in [0.2, 0.25) is 0 Å². The van der Waals surface area contributed by atoms with Crippen molar-refractivity contribution in [2.45, 2.75) is 45.4 Å². The molecule has 1 fully saturated rings. The molecule has 2 rings (SSSR count). The van der Waals surface area contributed by atoms with Crippen LogP contribution in [0, 0.1) is 11.3 Å². The molecular formula is C20H26N2O2. The first kappa shape index (κ1) is 18.1. The predicted octanol–water partition coefficient (Wildman–Crippen LogP) is 4.18. The lowest BCUT2D eigenvalue weighted by atomic mass is 10.1. The number of carbonyl (C=O) groups is 1. The van der Waals surface area contributed by atoms with E-state index >= 15 is 0 Å². The van der Waals surface area contributed by atoms with Gasteiger partial charge in [-0.1, -0.05) is 38.3 Å². The summed E-state index contributed by atoms with van der Waals surface area (Å²) in [6.45, 7) is 4.34. The van der Waals surface area contributed by atoms with Crippen LogP contribution >= 0.6 is 0 Å². The first-order valence-electron chi connectivity index (χ1n) is 8.88. The Morgan fingerprint density at radius 2 is 1.88 bits per heavy atom. The van der Waals surface area contributed by atoms with Crippen LogP contribution < -0.4 is 4.74 Å². The number of ether oxygens (including phenoxy) is 1. The zero-order chi connectivity index (χ0) is 17.2. The summed E-state index contributed by atoms with van der Waals surface area (Å²) < 4.78 is 5.63. The Bertz CT molecular complexity index is 591. The van der Waals surface area contributed by atoms with E-state index in [1.807, 2.05) is 29.2 Å². The van der Waals surface area contributed by atoms with Gasteiger partial charge < -0.3 is 9.64 Å². The van der Waals surface area contributed by atoms with Gasteiger partial charge in [-0.15, -0.1) is 0 Å². The number of nitrogens with zero attached hydrogens (tertiary/aromatic N) is 2. The topological polar surface area (TPSA) is 53.3 Å². The third-order valence-corrected chi connectivity index (χ3v) is 4.20. The normalized spacial score (nSPS) is 15.5. The molecule has 0 N–H and O–H groups in total. The van der Waals surface area contributed by atoms with Crippen molar-refractivity contribution in [1.82, 2.24) is 4.90 Å². The summed E-state index contributed by atoms with van der Waals surface area (Å²) in [4.78, 5) is 14.3. The van der Waals surface area contributed by atoms with E-state index in [4.69, 9.17) is 4.74 Å². The third-order valence-electron chi connectivity index (χ3n) is 4.20. The Kier molecular flexibility index (Phi) is 7.35. The number of amides is 1. The fourth-order valence-electron chi connectivity index (χ4n) is 2.75. The molecule has 24 heavy (non-hydrogen) atoms. The Balaban J connectivity index is 2.03. The second-order valence-corrected chi connectivity index (χ2v) is 6.15. The molecule has 0 atom stereocenters. The van der Waals surface area contributed by atoms with Crippen molar-refractivity contribution in [3.8, 4) is 11.8 Å². The van der Waals surface area contributed by atoms with E-state index in [0.29, 0.717) is 6.61 Å². The third kappa shape index (κ3) is 5.42. The summed E-state index contributed by atoms with van der Waals surface area (Å²) in [7, 11) is 0. The maximum absolute atomic E-state index is 12.5. The number of nitriles is 1. The molecule has 0 radical (unpaired) electrons. The highest BCUT2D eigenvalue weighted by Gasteiger charge is 2.19. The maximum Gasteiger partial charge on any atom is 0.264 e. The lowest BCUT2D eigenvalue weighted by Gasteiger charge is -2.19. The van der Waals surface area contributed by atoms with E-state index in [1.165, 1.54) is 0 Å². The summed E-state index contributed by atoms with van der Waals surface area (Å²) in [6.07, 6.45) is 8.17. The predicted molar refractivity (Wildman–Crippen MR) is 95.5 cm³/mol. The number of benzene rings is 1. The Morgan fingerprint density at radius 1 is 1.21 bits per heavy atom. The van der Waals surface area contributed by atoms with Crippen molar-refractivity contribution in [1.29, 1.82) is 5.26 Å². The van der Waals surface area contributed by atoms with E-state index in [2.05, 4.69) is 13.0 Å². The lowest BCUT2D eigenvalue weighted by molar-refractivity contribution is -0.126. The Labute approximate surface area is 144 Å². The molecule has 0 aromatic heterocycles. The zero-order valence-corrected chi connectivity index (χ0v) is 14.5. The van der Waals surface area contributed by atoms with Crippen molar-refractivity contribution >= 4 is 12.0 Å². The number of hydrogen-bond acceptors (Lipinski definition) is 3. The lowest BCUT2D eigenvalue weighted by Crippen LogP contribution is -2.32. The van der Waals surface area contributed by atoms with E-state index in [9.17, 15) is 10.1 Å². The minimum atomic E-state index is -0.150. The van der Waals surface area contributed by atoms with Crippen LogP contribution in [0.15, 0.2) is 29.8 Å². The fourth-order valence-corrected chi connectivity index (χ4v) is 2.75. The van der Waals surface area contributed by atoms with Crippen LogP contribution in [-0.2, 0) is 4.79 Å². The van der Waals surface area contributed by atoms with Crippen molar-refractivity contribution in [2.24, 2.45) is 0 Å². The van der Waals surface area contributed by atoms with E-state index in [0.717, 1.165) is 62.9 Å². The molecule has 128 valence electrons. The average Bonchev–Trinajstić information content (AvgIpc) is 2.90. The highest BCUT2D eigenvalue weighted by molar-refractivity contribution is 6.01. The van der Waals surface area contributed by atoms with E-state index in [-0.39, 0.29) is 11.5 Å². The molecule has 0 bridgehead atoms. The molecular weight excluding hydrogens is 300 g/mol. The zero-order valence-electron chi connectivity index (χ0n) is 14.5. The second kappa shape index (κ2) is 9.77. The molecule has 0 saturated carbocycles. The van der Waals surface area contributed by atoms with Gasteiger partial charge in [0.2, 0.25) is 0 Å². The second-order valence-electron chi connectivity index (χ2n) is 6.15. The van der Waals surface area contributed by atoms with Gasteiger partial charge in [-0.2, -0.15) is 5.26 Å². The Hall–Kier alpha value is -2.28. The molecule has 1 aliphatic heterocycles. The van der Waals surface area contributed by atoms with Crippen LogP contribution in [0.3, 0.4) is 0 Å². The average molecular weight is 326 g/mol. The molecule has 1 heterocycles. The monoisotopic (exact) mass is 326 g/mol. The minimum Gasteiger partial charge on any atom is -0.494 e. The number of unbranched alkanes of at least 4 members (excludes halogenated alkanes) is 1. The molecule has 1 amide bonds. The SMILES string of the molecule is CCCCOc1ccc(/C=C(\C#N)C(=O)N2CCCCCC2)cc1. The summed E-state index contributed by atoms with van der Waals surface area (Å²) in [5, 5.41) is 9.37. The minimum absolute atomic E-state index is 0.150. The standard InChI is InChI=1S/C20H26N2O2/c1-2-3-14-24-19-10-8-17(9-11-19)15-18(16-21)20(23)22-12-6-4-5-7-13-22/h8-11,15H,2-7,12-14H2,1H3/b18-15+. The number of carbonyl (C=O) groups excluding carboxylic acids is 1. The molecule has 1 saturated heterocycles. The first-order valence-corrected chi connectivity index (χ1v) is 8.88. The van der Waals surface area contributed by atoms with E-state index < -0.39 is 0 Å². The molecule has 1 aliphatic rings. The Morgan fingerprint density at radius 3 is 2.46 bits per heavy atom. The smallest absolute Gasteiger partial charge is 0.264 e. The number of likely N-dealkylation sites (tertiary alicyclic amines) is 1. The van der Waals surface area contributed by atoms with Gasteiger partial charge in [0.25, 0.3) is 5.91 Å². The van der Waals surface area contributed by atoms with Crippen LogP contribution in [-0.4, -0.2) is 30.5 Å². The van der Waals surface area contributed by atoms with Crippen molar-refractivity contribution in [2.75, 3.05) is 19.7 Å². The number of hydrogen-bond donors (Lipinski definition) is 0. The van der Waals surface area contributed by atoms with Crippen molar-refractivity contribution in [3.63, 3.8) is 0 Å². The summed E-state index contributed by atoms with van der Waals surface area (Å²) in [6, 6.07) is 9.59. The maximum atomic E-state index is 12.5. The van der Waals surface area contributed by atoms with Crippen LogP contribution in [0.4, 0.5) is 0 Å². The summed E-state index contributed by atoms with van der Waals surface area (Å²) >= 11 is 0. The summed E-state index contributed by atoms with van der Waals surface area (Å²) in [5.41, 5.74) is 1.05. The van der Waals surface area contributed by atoms with Crippen LogP contribution in [0.25, 0.3) is 6.08 Å². The molecule has 4 heteroatoms. The van der Waals surface area contributed by atoms with Gasteiger partial charge in [-0.25, -0.2) is 0 Å². The quantitative estimate of drug-likeness (QED) is 0.448. The van der Waals surface area contributed by atoms with Crippen molar-refractivity contribution < 1.29 is 9.53 Å². The molecule has 0 unspecified atom stereocenters. The molecule has 0 aliphatic carbocycles. The molecule has 1 aromatic carbocycles. The molecule has 1 aromatic rings. The van der Waals surface area contributed by atoms with Gasteiger partial charge in [-0.05, 0) is 43.0 Å². The van der Waals surface area contributed by atoms with Gasteiger partial charge in [0, 0.05) is 13.1 Å².